The Hall–Kier alpha value is -1.54. The van der Waals surface area contributed by atoms with Crippen molar-refractivity contribution in [2.45, 2.75) is 20.0 Å². The van der Waals surface area contributed by atoms with E-state index in [4.69, 9.17) is 9.15 Å². The number of nitrogens with one attached hydrogen (secondary N) is 2. The van der Waals surface area contributed by atoms with E-state index in [0.717, 1.165) is 31.2 Å². The van der Waals surface area contributed by atoms with Crippen molar-refractivity contribution in [2.24, 2.45) is 4.99 Å². The minimum atomic E-state index is 0. The number of ether oxygens (including phenoxy) is 1. The second-order valence-corrected chi connectivity index (χ2v) is 5.05. The maximum atomic E-state index is 5.63. The van der Waals surface area contributed by atoms with Crippen LogP contribution in [0.5, 0.6) is 0 Å². The number of hydrogen-bond donors (Lipinski definition) is 2. The maximum Gasteiger partial charge on any atom is 0.191 e. The van der Waals surface area contributed by atoms with Crippen molar-refractivity contribution < 1.29 is 9.15 Å². The summed E-state index contributed by atoms with van der Waals surface area (Å²) in [7, 11) is 0. The summed E-state index contributed by atoms with van der Waals surface area (Å²) < 4.78 is 10.9. The molecule has 0 aliphatic heterocycles. The first-order chi connectivity index (χ1) is 11.4. The smallest absolute Gasteiger partial charge is 0.191 e. The number of rotatable bonds is 9. The van der Waals surface area contributed by atoms with Gasteiger partial charge in [-0.25, -0.2) is 0 Å². The van der Waals surface area contributed by atoms with E-state index in [0.29, 0.717) is 19.8 Å². The minimum Gasteiger partial charge on any atom is -0.469 e. The Morgan fingerprint density at radius 3 is 2.67 bits per heavy atom. The average Bonchev–Trinajstić information content (AvgIpc) is 3.09. The quantitative estimate of drug-likeness (QED) is 0.271. The average molecular weight is 443 g/mol. The van der Waals surface area contributed by atoms with Crippen LogP contribution in [0.25, 0.3) is 0 Å². The Morgan fingerprint density at radius 1 is 1.12 bits per heavy atom. The first-order valence-electron chi connectivity index (χ1n) is 8.04. The van der Waals surface area contributed by atoms with Crippen molar-refractivity contribution in [2.75, 3.05) is 26.2 Å². The number of furan rings is 1. The lowest BCUT2D eigenvalue weighted by molar-refractivity contribution is 0.128. The van der Waals surface area contributed by atoms with Gasteiger partial charge in [0.2, 0.25) is 0 Å². The third kappa shape index (κ3) is 8.35. The Bertz CT molecular complexity index is 559. The van der Waals surface area contributed by atoms with Crippen LogP contribution in [0.15, 0.2) is 58.1 Å². The fourth-order valence-electron chi connectivity index (χ4n) is 2.09. The Morgan fingerprint density at radius 2 is 1.96 bits per heavy atom. The molecule has 0 saturated heterocycles. The number of guanidine groups is 1. The van der Waals surface area contributed by atoms with Gasteiger partial charge in [0.15, 0.2) is 5.96 Å². The van der Waals surface area contributed by atoms with Crippen LogP contribution in [0.4, 0.5) is 0 Å². The highest BCUT2D eigenvalue weighted by atomic mass is 127. The minimum absolute atomic E-state index is 0. The van der Waals surface area contributed by atoms with Gasteiger partial charge < -0.3 is 19.8 Å². The fourth-order valence-corrected chi connectivity index (χ4v) is 2.09. The van der Waals surface area contributed by atoms with E-state index < -0.39 is 0 Å². The van der Waals surface area contributed by atoms with Crippen molar-refractivity contribution >= 4 is 29.9 Å². The van der Waals surface area contributed by atoms with Gasteiger partial charge in [0.25, 0.3) is 0 Å². The van der Waals surface area contributed by atoms with E-state index in [2.05, 4.69) is 34.7 Å². The monoisotopic (exact) mass is 443 g/mol. The van der Waals surface area contributed by atoms with Crippen molar-refractivity contribution in [3.8, 4) is 0 Å². The summed E-state index contributed by atoms with van der Waals surface area (Å²) in [5, 5.41) is 6.51. The summed E-state index contributed by atoms with van der Waals surface area (Å²) in [4.78, 5) is 4.50. The van der Waals surface area contributed by atoms with Gasteiger partial charge in [0, 0.05) is 19.5 Å². The Labute approximate surface area is 160 Å². The van der Waals surface area contributed by atoms with E-state index in [1.165, 1.54) is 5.56 Å². The zero-order valence-electron chi connectivity index (χ0n) is 14.0. The molecule has 1 heterocycles. The molecule has 2 aromatic rings. The van der Waals surface area contributed by atoms with Crippen molar-refractivity contribution in [1.29, 1.82) is 0 Å². The van der Waals surface area contributed by atoms with Crippen LogP contribution >= 0.6 is 24.0 Å². The second kappa shape index (κ2) is 12.8. The van der Waals surface area contributed by atoms with E-state index in [-0.39, 0.29) is 24.0 Å². The van der Waals surface area contributed by atoms with Gasteiger partial charge in [-0.2, -0.15) is 0 Å². The van der Waals surface area contributed by atoms with E-state index in [9.17, 15) is 0 Å². The molecule has 6 heteroatoms. The summed E-state index contributed by atoms with van der Waals surface area (Å²) in [6, 6.07) is 14.0. The number of hydrogen-bond acceptors (Lipinski definition) is 3. The SMILES string of the molecule is CCNC(=NCCOCc1ccccc1)NCCc1ccco1.I. The number of aliphatic imine (C=N–C) groups is 1. The highest BCUT2D eigenvalue weighted by molar-refractivity contribution is 14.0. The van der Waals surface area contributed by atoms with Gasteiger partial charge in [0.1, 0.15) is 5.76 Å². The lowest BCUT2D eigenvalue weighted by atomic mass is 10.2. The largest absolute Gasteiger partial charge is 0.469 e. The van der Waals surface area contributed by atoms with Crippen LogP contribution < -0.4 is 10.6 Å². The van der Waals surface area contributed by atoms with Crippen LogP contribution in [-0.4, -0.2) is 32.2 Å². The van der Waals surface area contributed by atoms with Gasteiger partial charge in [-0.1, -0.05) is 30.3 Å². The molecule has 0 radical (unpaired) electrons. The van der Waals surface area contributed by atoms with E-state index in [1.807, 2.05) is 30.3 Å². The molecule has 1 aromatic carbocycles. The predicted octanol–water partition coefficient (Wildman–Crippen LogP) is 3.21. The molecule has 0 fully saturated rings. The van der Waals surface area contributed by atoms with E-state index >= 15 is 0 Å². The zero-order chi connectivity index (χ0) is 16.2. The molecular formula is C18H26IN3O2. The Balaban J connectivity index is 0.00000288. The summed E-state index contributed by atoms with van der Waals surface area (Å²) in [6.45, 7) is 5.52. The molecule has 24 heavy (non-hydrogen) atoms. The van der Waals surface area contributed by atoms with Crippen LogP contribution in [0.2, 0.25) is 0 Å². The Kier molecular flexibility index (Phi) is 11.0. The van der Waals surface area contributed by atoms with Gasteiger partial charge in [-0.05, 0) is 24.6 Å². The lowest BCUT2D eigenvalue weighted by Crippen LogP contribution is -2.38. The summed E-state index contributed by atoms with van der Waals surface area (Å²) in [5.74, 6) is 1.78. The van der Waals surface area contributed by atoms with Gasteiger partial charge in [0.05, 0.1) is 26.0 Å². The first kappa shape index (κ1) is 20.5. The van der Waals surface area contributed by atoms with E-state index in [1.54, 1.807) is 6.26 Å². The molecule has 0 spiro atoms. The summed E-state index contributed by atoms with van der Waals surface area (Å²) >= 11 is 0. The normalized spacial score (nSPS) is 11.0. The third-order valence-corrected chi connectivity index (χ3v) is 3.21. The highest BCUT2D eigenvalue weighted by Crippen LogP contribution is 2.00. The van der Waals surface area contributed by atoms with Crippen LogP contribution in [-0.2, 0) is 17.8 Å². The highest BCUT2D eigenvalue weighted by Gasteiger charge is 1.99. The molecule has 0 atom stereocenters. The summed E-state index contributed by atoms with van der Waals surface area (Å²) in [6.07, 6.45) is 2.53. The number of nitrogens with zero attached hydrogens (tertiary/aromatic N) is 1. The molecule has 0 amide bonds. The molecule has 132 valence electrons. The standard InChI is InChI=1S/C18H25N3O2.HI/c1-2-19-18(20-11-10-17-9-6-13-23-17)21-12-14-22-15-16-7-4-3-5-8-16;/h3-9,13H,2,10-12,14-15H2,1H3,(H2,19,20,21);1H. The van der Waals surface area contributed by atoms with Crippen LogP contribution in [0.1, 0.15) is 18.2 Å². The molecule has 0 aliphatic rings. The number of halogens is 1. The zero-order valence-corrected chi connectivity index (χ0v) is 16.4. The molecule has 1 aromatic heterocycles. The molecule has 0 aliphatic carbocycles. The third-order valence-electron chi connectivity index (χ3n) is 3.21. The van der Waals surface area contributed by atoms with Gasteiger partial charge in [-0.3, -0.25) is 4.99 Å². The fraction of sp³-hybridized carbons (Fsp3) is 0.389. The van der Waals surface area contributed by atoms with Gasteiger partial charge in [-0.15, -0.1) is 24.0 Å². The molecular weight excluding hydrogens is 417 g/mol. The first-order valence-corrected chi connectivity index (χ1v) is 8.04. The van der Waals surface area contributed by atoms with Crippen LogP contribution in [0, 0.1) is 0 Å². The van der Waals surface area contributed by atoms with Crippen molar-refractivity contribution in [3.63, 3.8) is 0 Å². The maximum absolute atomic E-state index is 5.63. The number of benzene rings is 1. The molecule has 0 bridgehead atoms. The second-order valence-electron chi connectivity index (χ2n) is 5.05. The molecule has 0 saturated carbocycles. The predicted molar refractivity (Wildman–Crippen MR) is 108 cm³/mol. The topological polar surface area (TPSA) is 58.8 Å². The van der Waals surface area contributed by atoms with Crippen LogP contribution in [0.3, 0.4) is 0 Å². The van der Waals surface area contributed by atoms with Crippen molar-refractivity contribution in [1.82, 2.24) is 10.6 Å². The summed E-state index contributed by atoms with van der Waals surface area (Å²) in [5.41, 5.74) is 1.18. The lowest BCUT2D eigenvalue weighted by Gasteiger charge is -2.10. The molecule has 2 N–H and O–H groups in total. The van der Waals surface area contributed by atoms with Gasteiger partial charge >= 0.3 is 0 Å². The molecule has 5 nitrogen and oxygen atoms in total. The molecule has 2 rings (SSSR count). The molecule has 0 unspecified atom stereocenters. The van der Waals surface area contributed by atoms with Crippen molar-refractivity contribution in [3.05, 3.63) is 60.1 Å².